The second kappa shape index (κ2) is 8.08. The van der Waals surface area contributed by atoms with Crippen molar-refractivity contribution in [1.29, 1.82) is 0 Å². The average molecular weight is 252 g/mol. The van der Waals surface area contributed by atoms with Crippen LogP contribution in [-0.4, -0.2) is 44.9 Å². The molecule has 0 aliphatic rings. The first-order valence-corrected chi connectivity index (χ1v) is 6.23. The standard InChI is InChI=1S/C14H24N2O2/c1-12(11-18-3)16(7-8-17-2)10-13-5-4-6-14(15)9-13/h4-6,9,12H,7-8,10-11,15H2,1-3H3. The second-order valence-electron chi connectivity index (χ2n) is 4.51. The van der Waals surface area contributed by atoms with E-state index in [0.29, 0.717) is 12.6 Å². The fourth-order valence-electron chi connectivity index (χ4n) is 1.94. The number of hydrogen-bond donors (Lipinski definition) is 1. The van der Waals surface area contributed by atoms with Crippen LogP contribution >= 0.6 is 0 Å². The van der Waals surface area contributed by atoms with Gasteiger partial charge in [0.25, 0.3) is 0 Å². The summed E-state index contributed by atoms with van der Waals surface area (Å²) in [7, 11) is 3.45. The zero-order valence-corrected chi connectivity index (χ0v) is 11.6. The fraction of sp³-hybridized carbons (Fsp3) is 0.571. The molecule has 1 aromatic carbocycles. The molecule has 0 radical (unpaired) electrons. The fourth-order valence-corrected chi connectivity index (χ4v) is 1.94. The van der Waals surface area contributed by atoms with Gasteiger partial charge in [-0.15, -0.1) is 0 Å². The number of benzene rings is 1. The molecule has 0 saturated heterocycles. The summed E-state index contributed by atoms with van der Waals surface area (Å²) in [6.07, 6.45) is 0. The van der Waals surface area contributed by atoms with Crippen LogP contribution in [0.4, 0.5) is 5.69 Å². The molecule has 1 atom stereocenters. The number of nitrogens with two attached hydrogens (primary N) is 1. The molecule has 1 aromatic rings. The van der Waals surface area contributed by atoms with Gasteiger partial charge in [-0.25, -0.2) is 0 Å². The molecule has 0 aliphatic carbocycles. The second-order valence-corrected chi connectivity index (χ2v) is 4.51. The van der Waals surface area contributed by atoms with E-state index in [0.717, 1.165) is 25.4 Å². The topological polar surface area (TPSA) is 47.7 Å². The van der Waals surface area contributed by atoms with Crippen LogP contribution in [0.1, 0.15) is 12.5 Å². The average Bonchev–Trinajstić information content (AvgIpc) is 2.34. The van der Waals surface area contributed by atoms with E-state index < -0.39 is 0 Å². The summed E-state index contributed by atoms with van der Waals surface area (Å²) in [6, 6.07) is 8.35. The maximum atomic E-state index is 5.80. The highest BCUT2D eigenvalue weighted by molar-refractivity contribution is 5.40. The lowest BCUT2D eigenvalue weighted by atomic mass is 10.1. The Morgan fingerprint density at radius 2 is 2.06 bits per heavy atom. The van der Waals surface area contributed by atoms with Crippen LogP contribution in [0.3, 0.4) is 0 Å². The molecule has 4 heteroatoms. The Hall–Kier alpha value is -1.10. The van der Waals surface area contributed by atoms with E-state index in [9.17, 15) is 0 Å². The molecule has 0 aliphatic heterocycles. The van der Waals surface area contributed by atoms with Crippen molar-refractivity contribution in [2.45, 2.75) is 19.5 Å². The van der Waals surface area contributed by atoms with Crippen LogP contribution in [0.25, 0.3) is 0 Å². The number of anilines is 1. The Morgan fingerprint density at radius 3 is 2.67 bits per heavy atom. The lowest BCUT2D eigenvalue weighted by molar-refractivity contribution is 0.0705. The number of hydrogen-bond acceptors (Lipinski definition) is 4. The van der Waals surface area contributed by atoms with Crippen LogP contribution in [0, 0.1) is 0 Å². The number of nitrogens with zero attached hydrogens (tertiary/aromatic N) is 1. The first-order chi connectivity index (χ1) is 8.67. The summed E-state index contributed by atoms with van der Waals surface area (Å²) >= 11 is 0. The summed E-state index contributed by atoms with van der Waals surface area (Å²) < 4.78 is 10.4. The molecule has 0 saturated carbocycles. The third kappa shape index (κ3) is 5.04. The van der Waals surface area contributed by atoms with Crippen molar-refractivity contribution in [1.82, 2.24) is 4.90 Å². The lowest BCUT2D eigenvalue weighted by Gasteiger charge is -2.28. The SMILES string of the molecule is COCCN(Cc1cccc(N)c1)C(C)COC. The zero-order valence-electron chi connectivity index (χ0n) is 11.6. The van der Waals surface area contributed by atoms with Crippen molar-refractivity contribution in [3.63, 3.8) is 0 Å². The van der Waals surface area contributed by atoms with Gasteiger partial charge >= 0.3 is 0 Å². The molecule has 102 valence electrons. The summed E-state index contributed by atoms with van der Waals surface area (Å²) in [5.41, 5.74) is 7.82. The summed E-state index contributed by atoms with van der Waals surface area (Å²) in [5.74, 6) is 0. The Bertz CT molecular complexity index is 344. The van der Waals surface area contributed by atoms with E-state index in [1.807, 2.05) is 18.2 Å². The minimum Gasteiger partial charge on any atom is -0.399 e. The van der Waals surface area contributed by atoms with Gasteiger partial charge in [-0.1, -0.05) is 12.1 Å². The van der Waals surface area contributed by atoms with Gasteiger partial charge in [-0.2, -0.15) is 0 Å². The molecular formula is C14H24N2O2. The van der Waals surface area contributed by atoms with Crippen LogP contribution in [-0.2, 0) is 16.0 Å². The number of rotatable bonds is 8. The Kier molecular flexibility index (Phi) is 6.72. The van der Waals surface area contributed by atoms with Crippen molar-refractivity contribution < 1.29 is 9.47 Å². The Morgan fingerprint density at radius 1 is 1.28 bits per heavy atom. The first kappa shape index (κ1) is 15.0. The maximum Gasteiger partial charge on any atom is 0.0615 e. The minimum absolute atomic E-state index is 0.353. The molecule has 0 bridgehead atoms. The van der Waals surface area contributed by atoms with E-state index in [-0.39, 0.29) is 0 Å². The molecule has 0 aromatic heterocycles. The summed E-state index contributed by atoms with van der Waals surface area (Å²) in [4.78, 5) is 2.34. The summed E-state index contributed by atoms with van der Waals surface area (Å²) in [6.45, 7) is 5.34. The molecule has 0 amide bonds. The van der Waals surface area contributed by atoms with Crippen LogP contribution in [0.15, 0.2) is 24.3 Å². The van der Waals surface area contributed by atoms with Gasteiger partial charge in [0, 0.05) is 39.0 Å². The third-order valence-electron chi connectivity index (χ3n) is 2.95. The smallest absolute Gasteiger partial charge is 0.0615 e. The zero-order chi connectivity index (χ0) is 13.4. The molecule has 2 N–H and O–H groups in total. The quantitative estimate of drug-likeness (QED) is 0.716. The van der Waals surface area contributed by atoms with Gasteiger partial charge in [0.05, 0.1) is 13.2 Å². The highest BCUT2D eigenvalue weighted by Crippen LogP contribution is 2.12. The predicted molar refractivity (Wildman–Crippen MR) is 74.5 cm³/mol. The molecule has 1 unspecified atom stereocenters. The molecule has 1 rings (SSSR count). The van der Waals surface area contributed by atoms with Crippen molar-refractivity contribution in [2.24, 2.45) is 0 Å². The monoisotopic (exact) mass is 252 g/mol. The lowest BCUT2D eigenvalue weighted by Crippen LogP contribution is -2.38. The third-order valence-corrected chi connectivity index (χ3v) is 2.95. The van der Waals surface area contributed by atoms with Crippen molar-refractivity contribution >= 4 is 5.69 Å². The largest absolute Gasteiger partial charge is 0.399 e. The van der Waals surface area contributed by atoms with E-state index >= 15 is 0 Å². The maximum absolute atomic E-state index is 5.80. The van der Waals surface area contributed by atoms with Crippen molar-refractivity contribution in [3.8, 4) is 0 Å². The van der Waals surface area contributed by atoms with Gasteiger partial charge in [0.15, 0.2) is 0 Å². The normalized spacial score (nSPS) is 12.9. The number of nitrogen functional groups attached to an aromatic ring is 1. The van der Waals surface area contributed by atoms with Crippen LogP contribution in [0.2, 0.25) is 0 Å². The number of methoxy groups -OCH3 is 2. The highest BCUT2D eigenvalue weighted by atomic mass is 16.5. The molecular weight excluding hydrogens is 228 g/mol. The Labute approximate surface area is 110 Å². The van der Waals surface area contributed by atoms with Gasteiger partial charge in [0.1, 0.15) is 0 Å². The minimum atomic E-state index is 0.353. The van der Waals surface area contributed by atoms with E-state index in [2.05, 4.69) is 17.9 Å². The van der Waals surface area contributed by atoms with Crippen LogP contribution < -0.4 is 5.73 Å². The van der Waals surface area contributed by atoms with Gasteiger partial charge in [-0.3, -0.25) is 4.90 Å². The van der Waals surface area contributed by atoms with Crippen molar-refractivity contribution in [2.75, 3.05) is 39.7 Å². The molecule has 0 spiro atoms. The molecule has 4 nitrogen and oxygen atoms in total. The molecule has 0 fully saturated rings. The van der Waals surface area contributed by atoms with Gasteiger partial charge in [0.2, 0.25) is 0 Å². The molecule has 0 heterocycles. The van der Waals surface area contributed by atoms with Crippen LogP contribution in [0.5, 0.6) is 0 Å². The highest BCUT2D eigenvalue weighted by Gasteiger charge is 2.13. The predicted octanol–water partition coefficient (Wildman–Crippen LogP) is 1.75. The van der Waals surface area contributed by atoms with E-state index in [1.165, 1.54) is 5.56 Å². The molecule has 18 heavy (non-hydrogen) atoms. The van der Waals surface area contributed by atoms with Gasteiger partial charge < -0.3 is 15.2 Å². The van der Waals surface area contributed by atoms with Gasteiger partial charge in [-0.05, 0) is 24.6 Å². The Balaban J connectivity index is 2.64. The van der Waals surface area contributed by atoms with E-state index in [1.54, 1.807) is 14.2 Å². The number of ether oxygens (including phenoxy) is 2. The van der Waals surface area contributed by atoms with E-state index in [4.69, 9.17) is 15.2 Å². The first-order valence-electron chi connectivity index (χ1n) is 6.23. The van der Waals surface area contributed by atoms with Crippen molar-refractivity contribution in [3.05, 3.63) is 29.8 Å². The summed E-state index contributed by atoms with van der Waals surface area (Å²) in [5, 5.41) is 0.